The van der Waals surface area contributed by atoms with Gasteiger partial charge in [0, 0.05) is 5.69 Å². The van der Waals surface area contributed by atoms with Crippen LogP contribution in [0.2, 0.25) is 0 Å². The van der Waals surface area contributed by atoms with E-state index in [1.807, 2.05) is 6.07 Å². The van der Waals surface area contributed by atoms with Crippen molar-refractivity contribution >= 4 is 17.6 Å². The van der Waals surface area contributed by atoms with Crippen LogP contribution in [-0.4, -0.2) is 18.5 Å². The second-order valence-corrected chi connectivity index (χ2v) is 4.32. The minimum Gasteiger partial charge on any atom is -0.452 e. The van der Waals surface area contributed by atoms with E-state index >= 15 is 0 Å². The Kier molecular flexibility index (Phi) is 4.83. The Morgan fingerprint density at radius 3 is 2.32 bits per heavy atom. The fraction of sp³-hybridized carbons (Fsp3) is 0.0625. The topological polar surface area (TPSA) is 79.2 Å². The highest BCUT2D eigenvalue weighted by molar-refractivity contribution is 5.95. The van der Waals surface area contributed by atoms with Gasteiger partial charge in [-0.05, 0) is 48.5 Å². The van der Waals surface area contributed by atoms with E-state index in [-0.39, 0.29) is 5.56 Å². The Bertz CT molecular complexity index is 719. The maximum absolute atomic E-state index is 12.7. The molecule has 2 aromatic carbocycles. The standard InChI is InChI=1S/C16H11FN2O3/c17-13-5-3-12(4-6-13)16(21)22-10-15(20)19-14-7-1-11(9-18)2-8-14/h1-8H,10H2,(H,19,20). The van der Waals surface area contributed by atoms with E-state index in [0.717, 1.165) is 12.1 Å². The van der Waals surface area contributed by atoms with Gasteiger partial charge >= 0.3 is 5.97 Å². The van der Waals surface area contributed by atoms with Gasteiger partial charge in [0.2, 0.25) is 0 Å². The van der Waals surface area contributed by atoms with Crippen LogP contribution in [0.1, 0.15) is 15.9 Å². The lowest BCUT2D eigenvalue weighted by atomic mass is 10.2. The summed E-state index contributed by atoms with van der Waals surface area (Å²) >= 11 is 0. The lowest BCUT2D eigenvalue weighted by Gasteiger charge is -2.06. The molecule has 0 bridgehead atoms. The van der Waals surface area contributed by atoms with Crippen molar-refractivity contribution in [3.63, 3.8) is 0 Å². The molecule has 0 fully saturated rings. The molecule has 1 N–H and O–H groups in total. The number of amides is 1. The highest BCUT2D eigenvalue weighted by Crippen LogP contribution is 2.09. The van der Waals surface area contributed by atoms with Gasteiger partial charge in [-0.25, -0.2) is 9.18 Å². The predicted molar refractivity (Wildman–Crippen MR) is 76.5 cm³/mol. The number of halogens is 1. The van der Waals surface area contributed by atoms with Crippen molar-refractivity contribution in [2.45, 2.75) is 0 Å². The number of nitrogens with one attached hydrogen (secondary N) is 1. The molecule has 6 heteroatoms. The predicted octanol–water partition coefficient (Wildman–Crippen LogP) is 2.49. The van der Waals surface area contributed by atoms with Gasteiger partial charge in [-0.2, -0.15) is 5.26 Å². The number of benzene rings is 2. The van der Waals surface area contributed by atoms with Crippen molar-refractivity contribution in [1.82, 2.24) is 0 Å². The van der Waals surface area contributed by atoms with Crippen LogP contribution in [0.25, 0.3) is 0 Å². The molecule has 0 saturated carbocycles. The maximum atomic E-state index is 12.7. The lowest BCUT2D eigenvalue weighted by molar-refractivity contribution is -0.119. The van der Waals surface area contributed by atoms with Gasteiger partial charge in [-0.15, -0.1) is 0 Å². The molecule has 1 amide bonds. The summed E-state index contributed by atoms with van der Waals surface area (Å²) in [5, 5.41) is 11.2. The zero-order valence-electron chi connectivity index (χ0n) is 11.4. The van der Waals surface area contributed by atoms with Crippen LogP contribution < -0.4 is 5.32 Å². The number of hydrogen-bond donors (Lipinski definition) is 1. The monoisotopic (exact) mass is 298 g/mol. The zero-order valence-corrected chi connectivity index (χ0v) is 11.4. The smallest absolute Gasteiger partial charge is 0.338 e. The molecule has 0 unspecified atom stereocenters. The van der Waals surface area contributed by atoms with Crippen LogP contribution in [-0.2, 0) is 9.53 Å². The molecule has 110 valence electrons. The summed E-state index contributed by atoms with van der Waals surface area (Å²) in [5.74, 6) is -1.69. The zero-order chi connectivity index (χ0) is 15.9. The quantitative estimate of drug-likeness (QED) is 0.879. The summed E-state index contributed by atoms with van der Waals surface area (Å²) < 4.78 is 17.5. The summed E-state index contributed by atoms with van der Waals surface area (Å²) in [6.07, 6.45) is 0. The first kappa shape index (κ1) is 15.2. The van der Waals surface area contributed by atoms with Gasteiger partial charge in [0.15, 0.2) is 6.61 Å². The number of carbonyl (C=O) groups is 2. The van der Waals surface area contributed by atoms with Crippen LogP contribution in [0, 0.1) is 17.1 Å². The van der Waals surface area contributed by atoms with Crippen LogP contribution in [0.5, 0.6) is 0 Å². The lowest BCUT2D eigenvalue weighted by Crippen LogP contribution is -2.20. The van der Waals surface area contributed by atoms with Crippen molar-refractivity contribution in [2.75, 3.05) is 11.9 Å². The van der Waals surface area contributed by atoms with E-state index in [4.69, 9.17) is 10.00 Å². The first-order valence-corrected chi connectivity index (χ1v) is 6.31. The number of anilines is 1. The first-order valence-electron chi connectivity index (χ1n) is 6.31. The molecule has 0 atom stereocenters. The van der Waals surface area contributed by atoms with Crippen LogP contribution in [0.15, 0.2) is 48.5 Å². The molecule has 22 heavy (non-hydrogen) atoms. The minimum absolute atomic E-state index is 0.160. The number of esters is 1. The fourth-order valence-electron chi connectivity index (χ4n) is 1.63. The van der Waals surface area contributed by atoms with Crippen molar-refractivity contribution in [2.24, 2.45) is 0 Å². The summed E-state index contributed by atoms with van der Waals surface area (Å²) in [4.78, 5) is 23.3. The SMILES string of the molecule is N#Cc1ccc(NC(=O)COC(=O)c2ccc(F)cc2)cc1. The average molecular weight is 298 g/mol. The molecule has 0 aliphatic rings. The molecule has 2 rings (SSSR count). The number of ether oxygens (including phenoxy) is 1. The maximum Gasteiger partial charge on any atom is 0.338 e. The fourth-order valence-corrected chi connectivity index (χ4v) is 1.63. The summed E-state index contributed by atoms with van der Waals surface area (Å²) in [7, 11) is 0. The molecule has 0 heterocycles. The summed E-state index contributed by atoms with van der Waals surface area (Å²) in [6, 6.07) is 13.0. The van der Waals surface area contributed by atoms with E-state index in [0.29, 0.717) is 11.3 Å². The van der Waals surface area contributed by atoms with Gasteiger partial charge < -0.3 is 10.1 Å². The van der Waals surface area contributed by atoms with Crippen molar-refractivity contribution in [1.29, 1.82) is 5.26 Å². The third-order valence-corrected chi connectivity index (χ3v) is 2.71. The van der Waals surface area contributed by atoms with E-state index in [1.54, 1.807) is 24.3 Å². The van der Waals surface area contributed by atoms with Gasteiger partial charge in [-0.1, -0.05) is 0 Å². The van der Waals surface area contributed by atoms with Gasteiger partial charge in [0.05, 0.1) is 17.2 Å². The third-order valence-electron chi connectivity index (χ3n) is 2.71. The second kappa shape index (κ2) is 6.99. The largest absolute Gasteiger partial charge is 0.452 e. The van der Waals surface area contributed by atoms with Gasteiger partial charge in [0.1, 0.15) is 5.82 Å². The van der Waals surface area contributed by atoms with Crippen LogP contribution in [0.4, 0.5) is 10.1 Å². The van der Waals surface area contributed by atoms with E-state index in [2.05, 4.69) is 5.32 Å². The minimum atomic E-state index is -0.713. The Balaban J connectivity index is 1.85. The van der Waals surface area contributed by atoms with E-state index in [1.165, 1.54) is 12.1 Å². The molecular formula is C16H11FN2O3. The third kappa shape index (κ3) is 4.15. The highest BCUT2D eigenvalue weighted by atomic mass is 19.1. The number of nitriles is 1. The number of carbonyl (C=O) groups excluding carboxylic acids is 2. The summed E-state index contributed by atoms with van der Waals surface area (Å²) in [6.45, 7) is -0.462. The van der Waals surface area contributed by atoms with Gasteiger partial charge in [-0.3, -0.25) is 4.79 Å². The number of rotatable bonds is 4. The second-order valence-electron chi connectivity index (χ2n) is 4.32. The Hall–Kier alpha value is -3.20. The molecule has 0 aliphatic carbocycles. The Morgan fingerprint density at radius 1 is 1.09 bits per heavy atom. The molecular weight excluding hydrogens is 287 g/mol. The van der Waals surface area contributed by atoms with Crippen molar-refractivity contribution in [3.8, 4) is 6.07 Å². The van der Waals surface area contributed by atoms with E-state index < -0.39 is 24.3 Å². The van der Waals surface area contributed by atoms with E-state index in [9.17, 15) is 14.0 Å². The highest BCUT2D eigenvalue weighted by Gasteiger charge is 2.10. The number of hydrogen-bond acceptors (Lipinski definition) is 4. The number of nitrogens with zero attached hydrogens (tertiary/aromatic N) is 1. The Morgan fingerprint density at radius 2 is 1.73 bits per heavy atom. The molecule has 0 saturated heterocycles. The summed E-state index contributed by atoms with van der Waals surface area (Å²) in [5.41, 5.74) is 1.12. The first-order chi connectivity index (χ1) is 10.6. The Labute approximate surface area is 125 Å². The van der Waals surface area contributed by atoms with Crippen molar-refractivity contribution < 1.29 is 18.7 Å². The average Bonchev–Trinajstić information content (AvgIpc) is 2.54. The normalized spacial score (nSPS) is 9.64. The molecule has 0 radical (unpaired) electrons. The molecule has 5 nitrogen and oxygen atoms in total. The van der Waals surface area contributed by atoms with Crippen molar-refractivity contribution in [3.05, 3.63) is 65.5 Å². The molecule has 0 aromatic heterocycles. The molecule has 2 aromatic rings. The molecule has 0 spiro atoms. The van der Waals surface area contributed by atoms with Gasteiger partial charge in [0.25, 0.3) is 5.91 Å². The van der Waals surface area contributed by atoms with Crippen LogP contribution in [0.3, 0.4) is 0 Å². The molecule has 0 aliphatic heterocycles. The van der Waals surface area contributed by atoms with Crippen LogP contribution >= 0.6 is 0 Å².